The molecule has 0 fully saturated rings. The molecule has 1 aromatic heterocycles. The quantitative estimate of drug-likeness (QED) is 0.461. The Bertz CT molecular complexity index is 651. The van der Waals surface area contributed by atoms with Crippen LogP contribution in [0.2, 0.25) is 25.7 Å². The van der Waals surface area contributed by atoms with Gasteiger partial charge in [0.25, 0.3) is 0 Å². The standard InChI is InChI=1S/C17H26BrN3O2Si/c1-13(2)23-17-19-16(14-6-8-15(18)9-7-14)21(20-17)12-22-10-11-24(3,4)5/h6-9,13H,10-12H2,1-5H3. The molecule has 0 bridgehead atoms. The van der Waals surface area contributed by atoms with Gasteiger partial charge in [0, 0.05) is 24.7 Å². The molecule has 0 atom stereocenters. The van der Waals surface area contributed by atoms with E-state index in [-0.39, 0.29) is 6.10 Å². The highest BCUT2D eigenvalue weighted by Gasteiger charge is 2.16. The minimum atomic E-state index is -1.10. The van der Waals surface area contributed by atoms with Gasteiger partial charge in [0.05, 0.1) is 6.10 Å². The average molecular weight is 412 g/mol. The lowest BCUT2D eigenvalue weighted by Gasteiger charge is -2.15. The van der Waals surface area contributed by atoms with E-state index in [0.717, 1.165) is 28.5 Å². The largest absolute Gasteiger partial charge is 0.460 e. The van der Waals surface area contributed by atoms with Crippen LogP contribution in [0.3, 0.4) is 0 Å². The van der Waals surface area contributed by atoms with Gasteiger partial charge >= 0.3 is 6.01 Å². The Kier molecular flexibility index (Phi) is 6.60. The molecule has 0 aliphatic rings. The van der Waals surface area contributed by atoms with E-state index in [9.17, 15) is 0 Å². The predicted molar refractivity (Wildman–Crippen MR) is 103 cm³/mol. The number of ether oxygens (including phenoxy) is 2. The summed E-state index contributed by atoms with van der Waals surface area (Å²) < 4.78 is 14.3. The molecule has 0 unspecified atom stereocenters. The Morgan fingerprint density at radius 1 is 1.17 bits per heavy atom. The zero-order chi connectivity index (χ0) is 17.7. The normalized spacial score (nSPS) is 12.0. The molecule has 0 N–H and O–H groups in total. The highest BCUT2D eigenvalue weighted by molar-refractivity contribution is 9.10. The van der Waals surface area contributed by atoms with Gasteiger partial charge in [-0.15, -0.1) is 5.10 Å². The third-order valence-electron chi connectivity index (χ3n) is 3.31. The summed E-state index contributed by atoms with van der Waals surface area (Å²) in [6.45, 7) is 12.1. The van der Waals surface area contributed by atoms with Crippen LogP contribution in [0.25, 0.3) is 11.4 Å². The summed E-state index contributed by atoms with van der Waals surface area (Å²) in [5, 5.41) is 4.44. The molecule has 0 amide bonds. The Labute approximate surface area is 153 Å². The first-order chi connectivity index (χ1) is 11.2. The van der Waals surface area contributed by atoms with Crippen molar-refractivity contribution in [3.63, 3.8) is 0 Å². The van der Waals surface area contributed by atoms with E-state index in [1.165, 1.54) is 0 Å². The highest BCUT2D eigenvalue weighted by Crippen LogP contribution is 2.23. The Morgan fingerprint density at radius 3 is 2.42 bits per heavy atom. The number of hydrogen-bond acceptors (Lipinski definition) is 4. The van der Waals surface area contributed by atoms with E-state index in [1.54, 1.807) is 4.68 Å². The van der Waals surface area contributed by atoms with Gasteiger partial charge in [-0.3, -0.25) is 0 Å². The monoisotopic (exact) mass is 411 g/mol. The predicted octanol–water partition coefficient (Wildman–Crippen LogP) is 4.81. The fraction of sp³-hybridized carbons (Fsp3) is 0.529. The Balaban J connectivity index is 2.14. The molecule has 2 rings (SSSR count). The molecule has 1 aromatic carbocycles. The van der Waals surface area contributed by atoms with Gasteiger partial charge in [-0.25, -0.2) is 4.68 Å². The molecular weight excluding hydrogens is 386 g/mol. The van der Waals surface area contributed by atoms with Crippen molar-refractivity contribution in [2.45, 2.75) is 52.4 Å². The maximum Gasteiger partial charge on any atom is 0.336 e. The van der Waals surface area contributed by atoms with E-state index in [4.69, 9.17) is 9.47 Å². The molecule has 132 valence electrons. The summed E-state index contributed by atoms with van der Waals surface area (Å²) in [6, 6.07) is 9.51. The van der Waals surface area contributed by atoms with Gasteiger partial charge in [0.2, 0.25) is 0 Å². The lowest BCUT2D eigenvalue weighted by molar-refractivity contribution is 0.0780. The van der Waals surface area contributed by atoms with Crippen LogP contribution >= 0.6 is 15.9 Å². The average Bonchev–Trinajstić information content (AvgIpc) is 2.85. The van der Waals surface area contributed by atoms with Crippen LogP contribution in [-0.4, -0.2) is 35.5 Å². The molecule has 2 aromatic rings. The Morgan fingerprint density at radius 2 is 1.83 bits per heavy atom. The fourth-order valence-corrected chi connectivity index (χ4v) is 3.03. The van der Waals surface area contributed by atoms with Crippen LogP contribution in [-0.2, 0) is 11.5 Å². The van der Waals surface area contributed by atoms with Crippen molar-refractivity contribution in [2.75, 3.05) is 6.61 Å². The van der Waals surface area contributed by atoms with Crippen LogP contribution in [0.1, 0.15) is 13.8 Å². The third-order valence-corrected chi connectivity index (χ3v) is 5.54. The van der Waals surface area contributed by atoms with Crippen LogP contribution in [0.4, 0.5) is 0 Å². The second-order valence-corrected chi connectivity index (χ2v) is 13.8. The molecular formula is C17H26BrN3O2Si. The third kappa shape index (κ3) is 6.03. The summed E-state index contributed by atoms with van der Waals surface area (Å²) in [7, 11) is -1.10. The van der Waals surface area contributed by atoms with Crippen molar-refractivity contribution in [3.05, 3.63) is 28.7 Å². The zero-order valence-corrected chi connectivity index (χ0v) is 17.6. The molecule has 0 aliphatic heterocycles. The number of benzene rings is 1. The van der Waals surface area contributed by atoms with Crippen molar-refractivity contribution in [1.29, 1.82) is 0 Å². The minimum absolute atomic E-state index is 0.0337. The number of aromatic nitrogens is 3. The lowest BCUT2D eigenvalue weighted by atomic mass is 10.2. The molecule has 0 radical (unpaired) electrons. The number of hydrogen-bond donors (Lipinski definition) is 0. The molecule has 24 heavy (non-hydrogen) atoms. The molecule has 5 nitrogen and oxygen atoms in total. The van der Waals surface area contributed by atoms with Gasteiger partial charge in [-0.1, -0.05) is 47.7 Å². The van der Waals surface area contributed by atoms with E-state index in [0.29, 0.717) is 12.7 Å². The van der Waals surface area contributed by atoms with Crippen molar-refractivity contribution < 1.29 is 9.47 Å². The summed E-state index contributed by atoms with van der Waals surface area (Å²) in [6.07, 6.45) is 0.0337. The van der Waals surface area contributed by atoms with Crippen LogP contribution in [0.15, 0.2) is 28.7 Å². The number of halogens is 1. The Hall–Kier alpha value is -1.18. The van der Waals surface area contributed by atoms with Crippen LogP contribution in [0, 0.1) is 0 Å². The lowest BCUT2D eigenvalue weighted by Crippen LogP contribution is -2.22. The van der Waals surface area contributed by atoms with Crippen LogP contribution in [0.5, 0.6) is 6.01 Å². The molecule has 0 saturated heterocycles. The zero-order valence-electron chi connectivity index (χ0n) is 15.0. The topological polar surface area (TPSA) is 49.2 Å². The summed E-state index contributed by atoms with van der Waals surface area (Å²) in [5.74, 6) is 0.756. The van der Waals surface area contributed by atoms with Crippen molar-refractivity contribution in [2.24, 2.45) is 0 Å². The van der Waals surface area contributed by atoms with Gasteiger partial charge in [0.1, 0.15) is 6.73 Å². The maximum atomic E-state index is 5.83. The highest BCUT2D eigenvalue weighted by atomic mass is 79.9. The van der Waals surface area contributed by atoms with E-state index in [1.807, 2.05) is 38.1 Å². The first-order valence-corrected chi connectivity index (χ1v) is 12.7. The van der Waals surface area contributed by atoms with Gasteiger partial charge < -0.3 is 9.47 Å². The first-order valence-electron chi connectivity index (χ1n) is 8.20. The van der Waals surface area contributed by atoms with Gasteiger partial charge in [-0.2, -0.15) is 4.98 Å². The molecule has 0 spiro atoms. The molecule has 0 aliphatic carbocycles. The smallest absolute Gasteiger partial charge is 0.336 e. The molecule has 0 saturated carbocycles. The van der Waals surface area contributed by atoms with E-state index >= 15 is 0 Å². The minimum Gasteiger partial charge on any atom is -0.460 e. The number of rotatable bonds is 8. The molecule has 7 heteroatoms. The van der Waals surface area contributed by atoms with Crippen molar-refractivity contribution in [3.8, 4) is 17.4 Å². The van der Waals surface area contributed by atoms with E-state index in [2.05, 4.69) is 45.7 Å². The van der Waals surface area contributed by atoms with Crippen molar-refractivity contribution in [1.82, 2.24) is 14.8 Å². The summed E-state index contributed by atoms with van der Waals surface area (Å²) in [4.78, 5) is 4.52. The number of nitrogens with zero attached hydrogens (tertiary/aromatic N) is 3. The van der Waals surface area contributed by atoms with Gasteiger partial charge in [-0.05, 0) is 32.0 Å². The second kappa shape index (κ2) is 8.27. The SMILES string of the molecule is CC(C)Oc1nc(-c2ccc(Br)cc2)n(COCC[Si](C)(C)C)n1. The van der Waals surface area contributed by atoms with E-state index < -0.39 is 8.07 Å². The molecule has 1 heterocycles. The van der Waals surface area contributed by atoms with Gasteiger partial charge in [0.15, 0.2) is 5.82 Å². The maximum absolute atomic E-state index is 5.83. The van der Waals surface area contributed by atoms with Crippen LogP contribution < -0.4 is 4.74 Å². The van der Waals surface area contributed by atoms with Crippen molar-refractivity contribution >= 4 is 24.0 Å². The summed E-state index contributed by atoms with van der Waals surface area (Å²) in [5.41, 5.74) is 0.984. The first kappa shape index (κ1) is 19.1. The second-order valence-electron chi connectivity index (χ2n) is 7.24. The fourth-order valence-electron chi connectivity index (χ4n) is 2.01. The summed E-state index contributed by atoms with van der Waals surface area (Å²) >= 11 is 3.46.